The summed E-state index contributed by atoms with van der Waals surface area (Å²) >= 11 is 1.25. The molecule has 0 spiro atoms. The number of ether oxygens (including phenoxy) is 1. The van der Waals surface area contributed by atoms with Gasteiger partial charge in [-0.05, 0) is 54.6 Å². The van der Waals surface area contributed by atoms with E-state index < -0.39 is 18.1 Å². The van der Waals surface area contributed by atoms with Gasteiger partial charge in [0.2, 0.25) is 0 Å². The molecule has 0 aliphatic heterocycles. The number of anilines is 1. The fourth-order valence-electron chi connectivity index (χ4n) is 3.59. The molecule has 186 valence electrons. The third-order valence-corrected chi connectivity index (χ3v) is 6.27. The van der Waals surface area contributed by atoms with Crippen LogP contribution in [0.2, 0.25) is 0 Å². The number of hydrogen-bond donors (Lipinski definition) is 0. The van der Waals surface area contributed by atoms with Crippen LogP contribution in [0.4, 0.5) is 23.2 Å². The highest BCUT2D eigenvalue weighted by Gasteiger charge is 2.31. The summed E-state index contributed by atoms with van der Waals surface area (Å²) in [4.78, 5) is 28.6. The Kier molecular flexibility index (Phi) is 6.53. The molecule has 6 nitrogen and oxygen atoms in total. The van der Waals surface area contributed by atoms with E-state index in [1.54, 1.807) is 30.5 Å². The second kappa shape index (κ2) is 9.94. The second-order valence-corrected chi connectivity index (χ2v) is 8.93. The van der Waals surface area contributed by atoms with Crippen molar-refractivity contribution < 1.29 is 27.1 Å². The van der Waals surface area contributed by atoms with E-state index in [1.807, 2.05) is 6.07 Å². The summed E-state index contributed by atoms with van der Waals surface area (Å²) in [5.41, 5.74) is 2.17. The molecule has 0 radical (unpaired) electrons. The molecule has 5 rings (SSSR count). The SMILES string of the molecule is O=C(c1cnc2ccccc2n1)N(Cc1cnc(-c2ccc(OC(F)(F)F)cc2)s1)c1cccc(F)c1. The Hall–Kier alpha value is -4.38. The Morgan fingerprint density at radius 1 is 0.919 bits per heavy atom. The van der Waals surface area contributed by atoms with Gasteiger partial charge in [0.05, 0.1) is 23.8 Å². The van der Waals surface area contributed by atoms with Gasteiger partial charge in [0.15, 0.2) is 0 Å². The maximum atomic E-state index is 14.0. The molecule has 0 aliphatic carbocycles. The van der Waals surface area contributed by atoms with Crippen LogP contribution in [0.25, 0.3) is 21.6 Å². The molecule has 0 saturated heterocycles. The summed E-state index contributed by atoms with van der Waals surface area (Å²) in [7, 11) is 0. The second-order valence-electron chi connectivity index (χ2n) is 7.82. The highest BCUT2D eigenvalue weighted by Crippen LogP contribution is 2.31. The van der Waals surface area contributed by atoms with Crippen LogP contribution in [0, 0.1) is 5.82 Å². The molecule has 2 aromatic heterocycles. The van der Waals surface area contributed by atoms with Crippen LogP contribution in [-0.4, -0.2) is 27.2 Å². The van der Waals surface area contributed by atoms with Crippen molar-refractivity contribution in [2.45, 2.75) is 12.9 Å². The topological polar surface area (TPSA) is 68.2 Å². The number of aromatic nitrogens is 3. The lowest BCUT2D eigenvalue weighted by Gasteiger charge is -2.22. The molecule has 0 N–H and O–H groups in total. The van der Waals surface area contributed by atoms with Crippen LogP contribution in [0.5, 0.6) is 5.75 Å². The molecule has 11 heteroatoms. The van der Waals surface area contributed by atoms with E-state index in [9.17, 15) is 22.4 Å². The molecule has 3 aromatic carbocycles. The summed E-state index contributed by atoms with van der Waals surface area (Å²) in [5, 5.41) is 0.533. The summed E-state index contributed by atoms with van der Waals surface area (Å²) in [5.74, 6) is -1.33. The lowest BCUT2D eigenvalue weighted by Crippen LogP contribution is -2.31. The molecule has 1 amide bonds. The number of hydrogen-bond acceptors (Lipinski definition) is 6. The van der Waals surface area contributed by atoms with Gasteiger partial charge in [-0.25, -0.2) is 14.4 Å². The number of thiazole rings is 1. The first-order valence-electron chi connectivity index (χ1n) is 10.9. The smallest absolute Gasteiger partial charge is 0.406 e. The minimum absolute atomic E-state index is 0.0593. The quantitative estimate of drug-likeness (QED) is 0.233. The van der Waals surface area contributed by atoms with E-state index in [0.29, 0.717) is 32.2 Å². The van der Waals surface area contributed by atoms with Crippen molar-refractivity contribution in [3.05, 3.63) is 102 Å². The van der Waals surface area contributed by atoms with Gasteiger partial charge < -0.3 is 9.64 Å². The first-order chi connectivity index (χ1) is 17.7. The number of benzene rings is 3. The Bertz CT molecular complexity index is 1570. The Morgan fingerprint density at radius 2 is 1.68 bits per heavy atom. The standard InChI is InChI=1S/C26H16F4N4O2S/c27-17-4-3-5-18(12-17)34(25(35)23-14-31-21-6-1-2-7-22(21)33-23)15-20-13-32-24(37-20)16-8-10-19(11-9-16)36-26(28,29)30/h1-14H,15H2. The summed E-state index contributed by atoms with van der Waals surface area (Å²) in [6.07, 6.45) is -1.84. The highest BCUT2D eigenvalue weighted by molar-refractivity contribution is 7.15. The van der Waals surface area contributed by atoms with Crippen molar-refractivity contribution in [1.82, 2.24) is 15.0 Å². The number of carbonyl (C=O) groups is 1. The van der Waals surface area contributed by atoms with Gasteiger partial charge in [-0.3, -0.25) is 9.78 Å². The minimum atomic E-state index is -4.78. The van der Waals surface area contributed by atoms with E-state index in [0.717, 1.165) is 0 Å². The number of fused-ring (bicyclic) bond motifs is 1. The minimum Gasteiger partial charge on any atom is -0.406 e. The maximum absolute atomic E-state index is 14.0. The molecule has 0 saturated carbocycles. The van der Waals surface area contributed by atoms with E-state index >= 15 is 0 Å². The Morgan fingerprint density at radius 3 is 2.41 bits per heavy atom. The highest BCUT2D eigenvalue weighted by atomic mass is 32.1. The maximum Gasteiger partial charge on any atom is 0.573 e. The zero-order valence-electron chi connectivity index (χ0n) is 18.8. The predicted molar refractivity (Wildman–Crippen MR) is 131 cm³/mol. The van der Waals surface area contributed by atoms with Gasteiger partial charge >= 0.3 is 6.36 Å². The first kappa shape index (κ1) is 24.3. The van der Waals surface area contributed by atoms with Gasteiger partial charge in [-0.1, -0.05) is 18.2 Å². The van der Waals surface area contributed by atoms with Crippen LogP contribution in [0.15, 0.2) is 85.2 Å². The number of amides is 1. The van der Waals surface area contributed by atoms with E-state index in [1.165, 1.54) is 64.9 Å². The fourth-order valence-corrected chi connectivity index (χ4v) is 4.50. The normalized spacial score (nSPS) is 11.5. The number of para-hydroxylation sites is 2. The largest absolute Gasteiger partial charge is 0.573 e. The number of alkyl halides is 3. The van der Waals surface area contributed by atoms with E-state index in [2.05, 4.69) is 19.7 Å². The summed E-state index contributed by atoms with van der Waals surface area (Å²) < 4.78 is 55.2. The van der Waals surface area contributed by atoms with Crippen LogP contribution in [-0.2, 0) is 6.54 Å². The zero-order valence-corrected chi connectivity index (χ0v) is 19.6. The molecular weight excluding hydrogens is 508 g/mol. The number of rotatable bonds is 6. The van der Waals surface area contributed by atoms with Gasteiger partial charge in [-0.15, -0.1) is 24.5 Å². The molecule has 0 fully saturated rings. The molecule has 5 aromatic rings. The van der Waals surface area contributed by atoms with Crippen LogP contribution >= 0.6 is 11.3 Å². The first-order valence-corrected chi connectivity index (χ1v) is 11.7. The molecule has 0 bridgehead atoms. The van der Waals surface area contributed by atoms with Gasteiger partial charge in [0.1, 0.15) is 22.3 Å². The predicted octanol–water partition coefficient (Wildman–Crippen LogP) is 6.64. The van der Waals surface area contributed by atoms with E-state index in [-0.39, 0.29) is 18.0 Å². The molecule has 37 heavy (non-hydrogen) atoms. The third kappa shape index (κ3) is 5.72. The molecular formula is C26H16F4N4O2S. The lowest BCUT2D eigenvalue weighted by atomic mass is 10.2. The van der Waals surface area contributed by atoms with E-state index in [4.69, 9.17) is 0 Å². The van der Waals surface area contributed by atoms with Crippen LogP contribution in [0.3, 0.4) is 0 Å². The lowest BCUT2D eigenvalue weighted by molar-refractivity contribution is -0.274. The van der Waals surface area contributed by atoms with Crippen LogP contribution < -0.4 is 9.64 Å². The molecule has 0 unspecified atom stereocenters. The average molecular weight is 524 g/mol. The molecule has 0 aliphatic rings. The monoisotopic (exact) mass is 524 g/mol. The molecule has 0 atom stereocenters. The Labute approximate surface area is 211 Å². The van der Waals surface area contributed by atoms with Crippen molar-refractivity contribution in [3.63, 3.8) is 0 Å². The van der Waals surface area contributed by atoms with Gasteiger partial charge in [-0.2, -0.15) is 0 Å². The Balaban J connectivity index is 1.43. The number of carbonyl (C=O) groups excluding carboxylic acids is 1. The van der Waals surface area contributed by atoms with Crippen molar-refractivity contribution >= 4 is 34.0 Å². The van der Waals surface area contributed by atoms with Crippen molar-refractivity contribution in [1.29, 1.82) is 0 Å². The molecule has 2 heterocycles. The zero-order chi connectivity index (χ0) is 26.0. The van der Waals surface area contributed by atoms with Crippen LogP contribution in [0.1, 0.15) is 15.4 Å². The van der Waals surface area contributed by atoms with Crippen molar-refractivity contribution in [2.24, 2.45) is 0 Å². The summed E-state index contributed by atoms with van der Waals surface area (Å²) in [6, 6.07) is 18.1. The van der Waals surface area contributed by atoms with Crippen molar-refractivity contribution in [3.8, 4) is 16.3 Å². The average Bonchev–Trinajstić information content (AvgIpc) is 3.35. The third-order valence-electron chi connectivity index (χ3n) is 5.24. The van der Waals surface area contributed by atoms with Crippen molar-refractivity contribution in [2.75, 3.05) is 4.90 Å². The van der Waals surface area contributed by atoms with Gasteiger partial charge in [0, 0.05) is 22.3 Å². The fraction of sp³-hybridized carbons (Fsp3) is 0.0769. The van der Waals surface area contributed by atoms with Gasteiger partial charge in [0.25, 0.3) is 5.91 Å². The number of halogens is 4. The summed E-state index contributed by atoms with van der Waals surface area (Å²) in [6.45, 7) is 0.0593. The number of nitrogens with zero attached hydrogens (tertiary/aromatic N) is 4.